The Morgan fingerprint density at radius 1 is 0.907 bits per heavy atom. The maximum absolute atomic E-state index is 14.6. The number of hydrogen-bond donors (Lipinski definition) is 3. The van der Waals surface area contributed by atoms with Gasteiger partial charge in [-0.05, 0) is 66.8 Å². The summed E-state index contributed by atoms with van der Waals surface area (Å²) in [5, 5.41) is 22.8. The van der Waals surface area contributed by atoms with Crippen LogP contribution in [0.4, 0.5) is 11.4 Å². The third kappa shape index (κ3) is 10.1. The van der Waals surface area contributed by atoms with Crippen LogP contribution in [-0.4, -0.2) is 68.1 Å². The smallest absolute Gasteiger partial charge is 0.303 e. The van der Waals surface area contributed by atoms with Gasteiger partial charge in [0.25, 0.3) is 5.91 Å². The highest BCUT2D eigenvalue weighted by Crippen LogP contribution is 2.45. The van der Waals surface area contributed by atoms with E-state index in [9.17, 15) is 24.6 Å². The van der Waals surface area contributed by atoms with Crippen molar-refractivity contribution in [3.05, 3.63) is 112 Å². The van der Waals surface area contributed by atoms with Crippen LogP contribution in [0.15, 0.2) is 84.9 Å². The molecule has 4 aromatic rings. The number of aryl methyl sites for hydroxylation is 2. The number of ether oxygens (including phenoxy) is 4. The number of aliphatic carboxylic acids is 1. The van der Waals surface area contributed by atoms with Crippen molar-refractivity contribution >= 4 is 40.8 Å². The van der Waals surface area contributed by atoms with E-state index in [0.717, 1.165) is 12.8 Å². The average Bonchev–Trinajstić information content (AvgIpc) is 3.26. The van der Waals surface area contributed by atoms with Gasteiger partial charge in [0, 0.05) is 46.8 Å². The first-order chi connectivity index (χ1) is 25.9. The number of nitrogens with one attached hydrogen (secondary N) is 1. The van der Waals surface area contributed by atoms with Crippen LogP contribution in [0.25, 0.3) is 0 Å². The van der Waals surface area contributed by atoms with Crippen molar-refractivity contribution in [2.45, 2.75) is 58.2 Å². The van der Waals surface area contributed by atoms with Crippen LogP contribution >= 0.6 is 11.6 Å². The Hall–Kier alpha value is -5.10. The summed E-state index contributed by atoms with van der Waals surface area (Å²) in [4.78, 5) is 41.4. The molecule has 0 saturated heterocycles. The summed E-state index contributed by atoms with van der Waals surface area (Å²) < 4.78 is 24.1. The fourth-order valence-electron chi connectivity index (χ4n) is 6.39. The van der Waals surface area contributed by atoms with Crippen LogP contribution in [0.3, 0.4) is 0 Å². The molecule has 0 bridgehead atoms. The number of aliphatic hydroxyl groups is 1. The molecule has 11 nitrogen and oxygen atoms in total. The highest BCUT2D eigenvalue weighted by Gasteiger charge is 2.41. The molecule has 1 aliphatic rings. The van der Waals surface area contributed by atoms with E-state index in [4.69, 9.17) is 30.5 Å². The molecule has 2 amide bonds. The van der Waals surface area contributed by atoms with Gasteiger partial charge in [0.1, 0.15) is 18.0 Å². The van der Waals surface area contributed by atoms with Crippen molar-refractivity contribution in [3.8, 4) is 17.2 Å². The summed E-state index contributed by atoms with van der Waals surface area (Å²) in [5.41, 5.74) is 3.15. The zero-order valence-corrected chi connectivity index (χ0v) is 31.7. The summed E-state index contributed by atoms with van der Waals surface area (Å²) in [6.45, 7) is 3.96. The molecule has 286 valence electrons. The summed E-state index contributed by atoms with van der Waals surface area (Å²) in [6, 6.07) is 25.7. The normalized spacial score (nSPS) is 15.6. The third-order valence-corrected chi connectivity index (χ3v) is 9.40. The molecule has 3 N–H and O–H groups in total. The summed E-state index contributed by atoms with van der Waals surface area (Å²) in [5.74, 6) is -0.695. The van der Waals surface area contributed by atoms with E-state index in [0.29, 0.717) is 56.9 Å². The Morgan fingerprint density at radius 3 is 2.39 bits per heavy atom. The number of halogens is 1. The molecule has 0 aliphatic carbocycles. The van der Waals surface area contributed by atoms with Crippen molar-refractivity contribution in [2.24, 2.45) is 5.41 Å². The summed E-state index contributed by atoms with van der Waals surface area (Å²) >= 11 is 6.55. The number of fused-ring (bicyclic) bond motifs is 1. The van der Waals surface area contributed by atoms with Crippen LogP contribution in [-0.2, 0) is 32.0 Å². The highest BCUT2D eigenvalue weighted by atomic mass is 35.5. The van der Waals surface area contributed by atoms with Gasteiger partial charge >= 0.3 is 5.97 Å². The van der Waals surface area contributed by atoms with Crippen molar-refractivity contribution in [1.82, 2.24) is 0 Å². The zero-order chi connectivity index (χ0) is 38.8. The maximum atomic E-state index is 14.6. The molecular formula is C42H47ClN2O9. The molecule has 0 fully saturated rings. The number of carboxylic acids is 1. The SMILES string of the molecule is COc1cccc([C@H]2O[C@H](CC(=O)Nc3cc(CCC(=O)O)ccc3OCCCc3ccccc3)C(=O)N(CC(C)(C)CO)c3ccc(Cl)cc32)c1OC. The Balaban J connectivity index is 1.47. The predicted octanol–water partition coefficient (Wildman–Crippen LogP) is 7.25. The van der Waals surface area contributed by atoms with E-state index in [1.807, 2.05) is 44.2 Å². The number of rotatable bonds is 17. The van der Waals surface area contributed by atoms with E-state index in [-0.39, 0.29) is 32.4 Å². The lowest BCUT2D eigenvalue weighted by Gasteiger charge is -2.32. The number of amides is 2. The number of carbonyl (C=O) groups excluding carboxylic acids is 2. The lowest BCUT2D eigenvalue weighted by molar-refractivity contribution is -0.137. The standard InChI is InChI=1S/C42H47ClN2O9/c1-42(2,26-46)25-45-33-18-17-29(43)23-31(33)39(30-13-8-14-35(51-3)40(30)52-4)54-36(41(45)50)24-37(47)44-32-22-28(16-20-38(48)49)15-19-34(32)53-21-9-12-27-10-6-5-7-11-27/h5-8,10-11,13-15,17-19,22-23,36,39,46H,9,12,16,20-21,24-26H2,1-4H3,(H,44,47)(H,48,49)/t36-,39-/m1/s1. The number of aliphatic hydroxyl groups excluding tert-OH is 1. The lowest BCUT2D eigenvalue weighted by atomic mass is 9.92. The average molecular weight is 759 g/mol. The molecule has 0 spiro atoms. The second kappa shape index (κ2) is 18.3. The van der Waals surface area contributed by atoms with Crippen LogP contribution in [0, 0.1) is 5.41 Å². The molecule has 54 heavy (non-hydrogen) atoms. The number of nitrogens with zero attached hydrogens (tertiary/aromatic N) is 1. The molecule has 12 heteroatoms. The van der Waals surface area contributed by atoms with E-state index >= 15 is 0 Å². The van der Waals surface area contributed by atoms with E-state index < -0.39 is 35.4 Å². The quantitative estimate of drug-likeness (QED) is 0.0949. The van der Waals surface area contributed by atoms with Gasteiger partial charge in [0.15, 0.2) is 11.5 Å². The third-order valence-electron chi connectivity index (χ3n) is 9.16. The second-order valence-corrected chi connectivity index (χ2v) is 14.4. The van der Waals surface area contributed by atoms with Gasteiger partial charge in [0.2, 0.25) is 5.91 Å². The Morgan fingerprint density at radius 2 is 1.69 bits per heavy atom. The minimum atomic E-state index is -1.29. The van der Waals surface area contributed by atoms with Crippen molar-refractivity contribution in [3.63, 3.8) is 0 Å². The Labute approximate surface area is 320 Å². The number of methoxy groups -OCH3 is 2. The van der Waals surface area contributed by atoms with Gasteiger partial charge in [-0.1, -0.05) is 74.0 Å². The summed E-state index contributed by atoms with van der Waals surface area (Å²) in [7, 11) is 3.03. The number of hydrogen-bond acceptors (Lipinski definition) is 8. The molecule has 1 heterocycles. The van der Waals surface area contributed by atoms with Gasteiger partial charge in [-0.15, -0.1) is 0 Å². The molecule has 0 radical (unpaired) electrons. The van der Waals surface area contributed by atoms with Crippen LogP contribution < -0.4 is 24.4 Å². The monoisotopic (exact) mass is 758 g/mol. The number of anilines is 2. The van der Waals surface area contributed by atoms with Gasteiger partial charge in [-0.3, -0.25) is 14.4 Å². The minimum absolute atomic E-state index is 0.0885. The Bertz CT molecular complexity index is 1930. The van der Waals surface area contributed by atoms with E-state index in [2.05, 4.69) is 5.32 Å². The van der Waals surface area contributed by atoms with E-state index in [1.165, 1.54) is 19.8 Å². The maximum Gasteiger partial charge on any atom is 0.303 e. The minimum Gasteiger partial charge on any atom is -0.493 e. The molecule has 5 rings (SSSR count). The first kappa shape index (κ1) is 40.1. The number of carbonyl (C=O) groups is 3. The molecule has 2 atom stereocenters. The Kier molecular flexibility index (Phi) is 13.6. The van der Waals surface area contributed by atoms with Crippen molar-refractivity contribution in [1.29, 1.82) is 0 Å². The molecule has 0 saturated carbocycles. The topological polar surface area (TPSA) is 144 Å². The number of carboxylic acid groups (broad SMARTS) is 1. The first-order valence-electron chi connectivity index (χ1n) is 17.8. The molecule has 0 unspecified atom stereocenters. The van der Waals surface area contributed by atoms with Crippen molar-refractivity contribution in [2.75, 3.05) is 44.2 Å². The van der Waals surface area contributed by atoms with Crippen molar-refractivity contribution < 1.29 is 43.5 Å². The molecule has 1 aliphatic heterocycles. The first-order valence-corrected chi connectivity index (χ1v) is 18.2. The molecule has 0 aromatic heterocycles. The van der Waals surface area contributed by atoms with Crippen LogP contribution in [0.2, 0.25) is 5.02 Å². The fourth-order valence-corrected chi connectivity index (χ4v) is 6.57. The largest absolute Gasteiger partial charge is 0.493 e. The van der Waals surface area contributed by atoms with Gasteiger partial charge in [0.05, 0.1) is 32.9 Å². The molecular weight excluding hydrogens is 712 g/mol. The van der Waals surface area contributed by atoms with Crippen LogP contribution in [0.1, 0.15) is 61.5 Å². The lowest BCUT2D eigenvalue weighted by Crippen LogP contribution is -2.46. The van der Waals surface area contributed by atoms with Gasteiger partial charge in [-0.2, -0.15) is 0 Å². The predicted molar refractivity (Wildman–Crippen MR) is 207 cm³/mol. The fraction of sp³-hybridized carbons (Fsp3) is 0.357. The zero-order valence-electron chi connectivity index (χ0n) is 31.0. The van der Waals surface area contributed by atoms with Gasteiger partial charge in [-0.25, -0.2) is 0 Å². The summed E-state index contributed by atoms with van der Waals surface area (Å²) in [6.07, 6.45) is -0.912. The second-order valence-electron chi connectivity index (χ2n) is 14.0. The highest BCUT2D eigenvalue weighted by molar-refractivity contribution is 6.30. The van der Waals surface area contributed by atoms with Gasteiger partial charge < -0.3 is 39.4 Å². The molecule has 4 aromatic carbocycles. The van der Waals surface area contributed by atoms with E-state index in [1.54, 1.807) is 59.5 Å². The number of benzene rings is 4. The number of para-hydroxylation sites is 1. The van der Waals surface area contributed by atoms with Crippen LogP contribution in [0.5, 0.6) is 17.2 Å².